The SMILES string of the molecule is CC(C)(C)c1ccc2[nH]c3c4c(ccc3c2c1)-c1ccccc1C4=O. The van der Waals surface area contributed by atoms with E-state index in [0.29, 0.717) is 0 Å². The number of benzene rings is 3. The van der Waals surface area contributed by atoms with Crippen LogP contribution in [0.5, 0.6) is 0 Å². The lowest BCUT2D eigenvalue weighted by molar-refractivity contribution is 0.104. The van der Waals surface area contributed by atoms with Crippen molar-refractivity contribution in [2.45, 2.75) is 26.2 Å². The molecule has 0 aliphatic heterocycles. The molecule has 122 valence electrons. The van der Waals surface area contributed by atoms with Crippen LogP contribution in [0.3, 0.4) is 0 Å². The lowest BCUT2D eigenvalue weighted by Crippen LogP contribution is -2.10. The zero-order valence-corrected chi connectivity index (χ0v) is 14.6. The molecule has 0 unspecified atom stereocenters. The van der Waals surface area contributed by atoms with Crippen LogP contribution in [-0.4, -0.2) is 10.8 Å². The van der Waals surface area contributed by atoms with E-state index in [0.717, 1.165) is 38.7 Å². The van der Waals surface area contributed by atoms with Gasteiger partial charge in [-0.2, -0.15) is 0 Å². The van der Waals surface area contributed by atoms with Gasteiger partial charge in [0.15, 0.2) is 5.78 Å². The fraction of sp³-hybridized carbons (Fsp3) is 0.174. The summed E-state index contributed by atoms with van der Waals surface area (Å²) >= 11 is 0. The second kappa shape index (κ2) is 4.60. The van der Waals surface area contributed by atoms with Gasteiger partial charge in [-0.25, -0.2) is 0 Å². The van der Waals surface area contributed by atoms with Crippen molar-refractivity contribution in [1.82, 2.24) is 4.98 Å². The molecule has 0 amide bonds. The van der Waals surface area contributed by atoms with Gasteiger partial charge in [0, 0.05) is 21.9 Å². The number of fused-ring (bicyclic) bond motifs is 7. The molecule has 1 aliphatic carbocycles. The number of ketones is 1. The highest BCUT2D eigenvalue weighted by atomic mass is 16.1. The maximum absolute atomic E-state index is 13.0. The Morgan fingerprint density at radius 3 is 2.32 bits per heavy atom. The van der Waals surface area contributed by atoms with Crippen LogP contribution in [-0.2, 0) is 5.41 Å². The summed E-state index contributed by atoms with van der Waals surface area (Å²) in [4.78, 5) is 16.5. The minimum atomic E-state index is 0.0978. The van der Waals surface area contributed by atoms with Gasteiger partial charge in [0.25, 0.3) is 0 Å². The van der Waals surface area contributed by atoms with E-state index in [9.17, 15) is 4.79 Å². The van der Waals surface area contributed by atoms with Gasteiger partial charge in [0.2, 0.25) is 0 Å². The fourth-order valence-electron chi connectivity index (χ4n) is 3.95. The van der Waals surface area contributed by atoms with Crippen LogP contribution in [0.1, 0.15) is 42.3 Å². The van der Waals surface area contributed by atoms with Gasteiger partial charge in [-0.05, 0) is 34.2 Å². The van der Waals surface area contributed by atoms with Crippen LogP contribution in [0.2, 0.25) is 0 Å². The van der Waals surface area contributed by atoms with Crippen LogP contribution >= 0.6 is 0 Å². The van der Waals surface area contributed by atoms with Crippen molar-refractivity contribution in [2.75, 3.05) is 0 Å². The first-order valence-electron chi connectivity index (χ1n) is 8.68. The van der Waals surface area contributed by atoms with Crippen LogP contribution in [0, 0.1) is 0 Å². The number of rotatable bonds is 0. The van der Waals surface area contributed by atoms with Gasteiger partial charge in [0.05, 0.1) is 11.1 Å². The number of H-pyrrole nitrogens is 1. The average Bonchev–Trinajstić information content (AvgIpc) is 3.10. The number of aromatic nitrogens is 1. The molecular formula is C23H19NO. The Balaban J connectivity index is 1.86. The second-order valence-corrected chi connectivity index (χ2v) is 7.92. The first-order chi connectivity index (χ1) is 11.9. The summed E-state index contributed by atoms with van der Waals surface area (Å²) in [7, 11) is 0. The van der Waals surface area contributed by atoms with Crippen molar-refractivity contribution in [3.8, 4) is 11.1 Å². The molecule has 1 aromatic heterocycles. The van der Waals surface area contributed by atoms with E-state index in [1.807, 2.05) is 24.3 Å². The van der Waals surface area contributed by atoms with Crippen molar-refractivity contribution >= 4 is 27.6 Å². The smallest absolute Gasteiger partial charge is 0.196 e. The second-order valence-electron chi connectivity index (χ2n) is 7.92. The molecular weight excluding hydrogens is 306 g/mol. The highest BCUT2D eigenvalue weighted by molar-refractivity contribution is 6.29. The lowest BCUT2D eigenvalue weighted by atomic mass is 9.86. The Labute approximate surface area is 146 Å². The maximum Gasteiger partial charge on any atom is 0.196 e. The molecule has 0 radical (unpaired) electrons. The molecule has 1 heterocycles. The Hall–Kier alpha value is -2.87. The number of hydrogen-bond donors (Lipinski definition) is 1. The van der Waals surface area contributed by atoms with Crippen LogP contribution < -0.4 is 0 Å². The highest BCUT2D eigenvalue weighted by Crippen LogP contribution is 2.42. The molecule has 0 saturated carbocycles. The number of carbonyl (C=O) groups excluding carboxylic acids is 1. The van der Waals surface area contributed by atoms with E-state index in [4.69, 9.17) is 0 Å². The van der Waals surface area contributed by atoms with E-state index < -0.39 is 0 Å². The third-order valence-electron chi connectivity index (χ3n) is 5.33. The van der Waals surface area contributed by atoms with Gasteiger partial charge in [-0.3, -0.25) is 4.79 Å². The average molecular weight is 325 g/mol. The molecule has 1 N–H and O–H groups in total. The first-order valence-corrected chi connectivity index (χ1v) is 8.68. The third kappa shape index (κ3) is 1.88. The molecule has 0 atom stereocenters. The predicted molar refractivity (Wildman–Crippen MR) is 103 cm³/mol. The van der Waals surface area contributed by atoms with Crippen LogP contribution in [0.4, 0.5) is 0 Å². The van der Waals surface area contributed by atoms with Crippen LogP contribution in [0.25, 0.3) is 32.9 Å². The summed E-state index contributed by atoms with van der Waals surface area (Å²) in [5.41, 5.74) is 7.14. The number of hydrogen-bond acceptors (Lipinski definition) is 1. The van der Waals surface area contributed by atoms with E-state index >= 15 is 0 Å². The fourth-order valence-corrected chi connectivity index (χ4v) is 3.95. The number of carbonyl (C=O) groups is 1. The van der Waals surface area contributed by atoms with Gasteiger partial charge in [-0.1, -0.05) is 63.2 Å². The van der Waals surface area contributed by atoms with Crippen LogP contribution in [0.15, 0.2) is 54.6 Å². The largest absolute Gasteiger partial charge is 0.354 e. The van der Waals surface area contributed by atoms with Crippen molar-refractivity contribution in [1.29, 1.82) is 0 Å². The zero-order valence-electron chi connectivity index (χ0n) is 14.6. The molecule has 0 bridgehead atoms. The Bertz CT molecular complexity index is 1190. The molecule has 5 rings (SSSR count). The number of aromatic amines is 1. The summed E-state index contributed by atoms with van der Waals surface area (Å²) in [6.07, 6.45) is 0. The van der Waals surface area contributed by atoms with Crippen molar-refractivity contribution in [3.63, 3.8) is 0 Å². The van der Waals surface area contributed by atoms with Crippen molar-refractivity contribution in [3.05, 3.63) is 71.3 Å². The van der Waals surface area contributed by atoms with Gasteiger partial charge >= 0.3 is 0 Å². The number of nitrogens with one attached hydrogen (secondary N) is 1. The monoisotopic (exact) mass is 325 g/mol. The summed E-state index contributed by atoms with van der Waals surface area (Å²) in [5, 5.41) is 2.31. The molecule has 0 saturated heterocycles. The summed E-state index contributed by atoms with van der Waals surface area (Å²) in [6, 6.07) is 18.7. The molecule has 0 spiro atoms. The summed E-state index contributed by atoms with van der Waals surface area (Å²) < 4.78 is 0. The Morgan fingerprint density at radius 2 is 1.56 bits per heavy atom. The molecule has 2 nitrogen and oxygen atoms in total. The molecule has 25 heavy (non-hydrogen) atoms. The standard InChI is InChI=1S/C23H19NO/c1-23(2,3)13-8-11-19-18(12-13)16-10-9-15-14-6-4-5-7-17(14)22(25)20(15)21(16)24-19/h4-12,24H,1-3H3. The van der Waals surface area contributed by atoms with E-state index in [-0.39, 0.29) is 11.2 Å². The predicted octanol–water partition coefficient (Wildman–Crippen LogP) is 5.83. The van der Waals surface area contributed by atoms with Gasteiger partial charge in [-0.15, -0.1) is 0 Å². The Morgan fingerprint density at radius 1 is 0.800 bits per heavy atom. The van der Waals surface area contributed by atoms with Gasteiger partial charge in [0.1, 0.15) is 0 Å². The molecule has 4 aromatic rings. The molecule has 1 aliphatic rings. The highest BCUT2D eigenvalue weighted by Gasteiger charge is 2.29. The lowest BCUT2D eigenvalue weighted by Gasteiger charge is -2.18. The minimum Gasteiger partial charge on any atom is -0.354 e. The zero-order chi connectivity index (χ0) is 17.3. The first kappa shape index (κ1) is 14.5. The Kier molecular flexibility index (Phi) is 2.66. The van der Waals surface area contributed by atoms with Crippen molar-refractivity contribution < 1.29 is 4.79 Å². The molecule has 0 fully saturated rings. The maximum atomic E-state index is 13.0. The molecule has 3 aromatic carbocycles. The van der Waals surface area contributed by atoms with Gasteiger partial charge < -0.3 is 4.98 Å². The quantitative estimate of drug-likeness (QED) is 0.382. The molecule has 2 heteroatoms. The normalized spacial score (nSPS) is 13.5. The summed E-state index contributed by atoms with van der Waals surface area (Å²) in [6.45, 7) is 6.67. The topological polar surface area (TPSA) is 32.9 Å². The summed E-state index contributed by atoms with van der Waals surface area (Å²) in [5.74, 6) is 0.124. The van der Waals surface area contributed by atoms with E-state index in [1.54, 1.807) is 0 Å². The van der Waals surface area contributed by atoms with E-state index in [2.05, 4.69) is 56.1 Å². The van der Waals surface area contributed by atoms with Crippen molar-refractivity contribution in [2.24, 2.45) is 0 Å². The minimum absolute atomic E-state index is 0.0978. The third-order valence-corrected chi connectivity index (χ3v) is 5.33. The van der Waals surface area contributed by atoms with E-state index in [1.165, 1.54) is 10.9 Å².